The highest BCUT2D eigenvalue weighted by molar-refractivity contribution is 5.18. The lowest BCUT2D eigenvalue weighted by Crippen LogP contribution is -2.34. The Morgan fingerprint density at radius 3 is 2.69 bits per heavy atom. The van der Waals surface area contributed by atoms with E-state index in [-0.39, 0.29) is 6.10 Å². The van der Waals surface area contributed by atoms with Crippen LogP contribution >= 0.6 is 0 Å². The van der Waals surface area contributed by atoms with E-state index in [1.54, 1.807) is 0 Å². The van der Waals surface area contributed by atoms with Gasteiger partial charge in [0.05, 0.1) is 6.10 Å². The lowest BCUT2D eigenvalue weighted by molar-refractivity contribution is 0.0660. The highest BCUT2D eigenvalue weighted by atomic mass is 16.5. The van der Waals surface area contributed by atoms with Crippen LogP contribution in [0.25, 0.3) is 0 Å². The Labute approximate surface area is 98.0 Å². The van der Waals surface area contributed by atoms with E-state index in [4.69, 9.17) is 4.74 Å². The van der Waals surface area contributed by atoms with E-state index in [9.17, 15) is 0 Å². The van der Waals surface area contributed by atoms with Gasteiger partial charge in [0.1, 0.15) is 0 Å². The van der Waals surface area contributed by atoms with Crippen LogP contribution in [-0.4, -0.2) is 19.2 Å². The highest BCUT2D eigenvalue weighted by Gasteiger charge is 2.21. The Balaban J connectivity index is 1.99. The van der Waals surface area contributed by atoms with E-state index in [0.717, 1.165) is 19.6 Å². The molecule has 0 radical (unpaired) electrons. The molecule has 0 aromatic heterocycles. The van der Waals surface area contributed by atoms with Gasteiger partial charge in [0.15, 0.2) is 0 Å². The van der Waals surface area contributed by atoms with Crippen molar-refractivity contribution >= 4 is 0 Å². The monoisotopic (exact) mass is 219 g/mol. The van der Waals surface area contributed by atoms with Crippen LogP contribution in [0.15, 0.2) is 30.3 Å². The summed E-state index contributed by atoms with van der Waals surface area (Å²) in [6.07, 6.45) is 1.33. The van der Waals surface area contributed by atoms with Gasteiger partial charge in [-0.25, -0.2) is 0 Å². The summed E-state index contributed by atoms with van der Waals surface area (Å²) >= 11 is 0. The first-order valence-corrected chi connectivity index (χ1v) is 6.17. The maximum Gasteiger partial charge on any atom is 0.0949 e. The smallest absolute Gasteiger partial charge is 0.0949 e. The third kappa shape index (κ3) is 2.83. The molecule has 1 aliphatic heterocycles. The van der Waals surface area contributed by atoms with E-state index in [1.807, 2.05) is 6.07 Å². The number of rotatable bonds is 2. The SMILES string of the molecule is CC(C)C1CCOC(c2ccccc2)CN1. The van der Waals surface area contributed by atoms with Crippen LogP contribution in [0.4, 0.5) is 0 Å². The fourth-order valence-corrected chi connectivity index (χ4v) is 2.21. The molecule has 0 saturated carbocycles. The van der Waals surface area contributed by atoms with Gasteiger partial charge >= 0.3 is 0 Å². The zero-order valence-corrected chi connectivity index (χ0v) is 10.1. The molecular formula is C14H21NO. The van der Waals surface area contributed by atoms with E-state index < -0.39 is 0 Å². The van der Waals surface area contributed by atoms with Gasteiger partial charge in [-0.15, -0.1) is 0 Å². The van der Waals surface area contributed by atoms with E-state index in [0.29, 0.717) is 12.0 Å². The van der Waals surface area contributed by atoms with Crippen LogP contribution in [0.1, 0.15) is 31.9 Å². The van der Waals surface area contributed by atoms with Crippen LogP contribution in [0, 0.1) is 5.92 Å². The summed E-state index contributed by atoms with van der Waals surface area (Å²) in [5, 5.41) is 3.60. The molecule has 0 aliphatic carbocycles. The molecule has 2 rings (SSSR count). The molecule has 2 atom stereocenters. The van der Waals surface area contributed by atoms with Crippen LogP contribution < -0.4 is 5.32 Å². The molecule has 0 bridgehead atoms. The maximum absolute atomic E-state index is 5.91. The molecule has 1 saturated heterocycles. The maximum atomic E-state index is 5.91. The molecule has 0 spiro atoms. The predicted molar refractivity (Wildman–Crippen MR) is 66.4 cm³/mol. The topological polar surface area (TPSA) is 21.3 Å². The molecule has 0 amide bonds. The largest absolute Gasteiger partial charge is 0.372 e. The molecular weight excluding hydrogens is 198 g/mol. The Morgan fingerprint density at radius 1 is 1.25 bits per heavy atom. The van der Waals surface area contributed by atoms with Crippen molar-refractivity contribution in [2.24, 2.45) is 5.92 Å². The molecule has 2 nitrogen and oxygen atoms in total. The van der Waals surface area contributed by atoms with Gasteiger partial charge < -0.3 is 10.1 Å². The molecule has 1 aromatic carbocycles. The third-order valence-corrected chi connectivity index (χ3v) is 3.29. The number of ether oxygens (including phenoxy) is 1. The quantitative estimate of drug-likeness (QED) is 0.826. The van der Waals surface area contributed by atoms with Crippen molar-refractivity contribution < 1.29 is 4.74 Å². The van der Waals surface area contributed by atoms with Crippen molar-refractivity contribution in [1.82, 2.24) is 5.32 Å². The second kappa shape index (κ2) is 5.46. The molecule has 2 unspecified atom stereocenters. The molecule has 16 heavy (non-hydrogen) atoms. The summed E-state index contributed by atoms with van der Waals surface area (Å²) in [5.41, 5.74) is 1.28. The zero-order valence-electron chi connectivity index (χ0n) is 10.1. The Hall–Kier alpha value is -0.860. The van der Waals surface area contributed by atoms with Crippen molar-refractivity contribution in [2.45, 2.75) is 32.4 Å². The Morgan fingerprint density at radius 2 is 2.00 bits per heavy atom. The Bertz CT molecular complexity index is 310. The minimum atomic E-state index is 0.213. The minimum absolute atomic E-state index is 0.213. The van der Waals surface area contributed by atoms with E-state index in [2.05, 4.69) is 43.4 Å². The number of hydrogen-bond donors (Lipinski definition) is 1. The van der Waals surface area contributed by atoms with Gasteiger partial charge in [0, 0.05) is 19.2 Å². The number of benzene rings is 1. The number of nitrogens with one attached hydrogen (secondary N) is 1. The lowest BCUT2D eigenvalue weighted by atomic mass is 10.0. The molecule has 1 N–H and O–H groups in total. The van der Waals surface area contributed by atoms with Crippen LogP contribution in [0.5, 0.6) is 0 Å². The fraction of sp³-hybridized carbons (Fsp3) is 0.571. The van der Waals surface area contributed by atoms with Gasteiger partial charge in [0.25, 0.3) is 0 Å². The summed E-state index contributed by atoms with van der Waals surface area (Å²) in [7, 11) is 0. The van der Waals surface area contributed by atoms with Crippen LogP contribution in [-0.2, 0) is 4.74 Å². The first-order chi connectivity index (χ1) is 7.77. The van der Waals surface area contributed by atoms with E-state index in [1.165, 1.54) is 5.56 Å². The van der Waals surface area contributed by atoms with Gasteiger partial charge in [0.2, 0.25) is 0 Å². The van der Waals surface area contributed by atoms with Crippen LogP contribution in [0.2, 0.25) is 0 Å². The van der Waals surface area contributed by atoms with Crippen molar-refractivity contribution in [3.8, 4) is 0 Å². The van der Waals surface area contributed by atoms with Gasteiger partial charge in [-0.3, -0.25) is 0 Å². The average Bonchev–Trinajstić information content (AvgIpc) is 2.55. The van der Waals surface area contributed by atoms with Crippen molar-refractivity contribution in [3.63, 3.8) is 0 Å². The zero-order chi connectivity index (χ0) is 11.4. The van der Waals surface area contributed by atoms with Crippen molar-refractivity contribution in [2.75, 3.05) is 13.2 Å². The predicted octanol–water partition coefficient (Wildman–Crippen LogP) is 2.76. The van der Waals surface area contributed by atoms with Gasteiger partial charge in [-0.05, 0) is 17.9 Å². The minimum Gasteiger partial charge on any atom is -0.372 e. The molecule has 1 heterocycles. The molecule has 1 fully saturated rings. The lowest BCUT2D eigenvalue weighted by Gasteiger charge is -2.19. The average molecular weight is 219 g/mol. The third-order valence-electron chi connectivity index (χ3n) is 3.29. The highest BCUT2D eigenvalue weighted by Crippen LogP contribution is 2.21. The van der Waals surface area contributed by atoms with E-state index >= 15 is 0 Å². The van der Waals surface area contributed by atoms with Crippen molar-refractivity contribution in [3.05, 3.63) is 35.9 Å². The first kappa shape index (κ1) is 11.6. The second-order valence-corrected chi connectivity index (χ2v) is 4.82. The van der Waals surface area contributed by atoms with Crippen LogP contribution in [0.3, 0.4) is 0 Å². The summed E-state index contributed by atoms with van der Waals surface area (Å²) < 4.78 is 5.91. The number of hydrogen-bond acceptors (Lipinski definition) is 2. The standard InChI is InChI=1S/C14H21NO/c1-11(2)13-8-9-16-14(10-15-13)12-6-4-3-5-7-12/h3-7,11,13-15H,8-10H2,1-2H3. The summed E-state index contributed by atoms with van der Waals surface area (Å²) in [6.45, 7) is 6.31. The fourth-order valence-electron chi connectivity index (χ4n) is 2.21. The van der Waals surface area contributed by atoms with Gasteiger partial charge in [-0.2, -0.15) is 0 Å². The molecule has 88 valence electrons. The summed E-state index contributed by atoms with van der Waals surface area (Å²) in [4.78, 5) is 0. The van der Waals surface area contributed by atoms with Crippen molar-refractivity contribution in [1.29, 1.82) is 0 Å². The molecule has 1 aliphatic rings. The second-order valence-electron chi connectivity index (χ2n) is 4.82. The summed E-state index contributed by atoms with van der Waals surface area (Å²) in [6, 6.07) is 11.1. The normalized spacial score (nSPS) is 26.7. The molecule has 1 aromatic rings. The summed E-state index contributed by atoms with van der Waals surface area (Å²) in [5.74, 6) is 0.679. The molecule has 2 heteroatoms. The first-order valence-electron chi connectivity index (χ1n) is 6.17. The Kier molecular flexibility index (Phi) is 3.97. The van der Waals surface area contributed by atoms with Gasteiger partial charge in [-0.1, -0.05) is 44.2 Å².